The molecule has 1 N–H and O–H groups in total. The lowest BCUT2D eigenvalue weighted by molar-refractivity contribution is -0.151. The standard InChI is InChI=1S/C25H26Cl2N2O6/c1-2-3-4-12-34-24(32)16-8-10-18(11-9-16)29-14-17(13-22(29)31)25(33)35-15-21(30)28-20-7-5-6-19(26)23(20)27/h5-11,17H,2-4,12-15H2,1H3,(H,28,30)/t17-/m0/s1. The molecule has 3 rings (SSSR count). The number of nitrogens with zero attached hydrogens (tertiary/aromatic N) is 1. The van der Waals surface area contributed by atoms with Gasteiger partial charge in [0.1, 0.15) is 0 Å². The molecule has 0 spiro atoms. The Morgan fingerprint density at radius 3 is 2.51 bits per heavy atom. The van der Waals surface area contributed by atoms with Crippen LogP contribution in [-0.4, -0.2) is 43.5 Å². The topological polar surface area (TPSA) is 102 Å². The van der Waals surface area contributed by atoms with Crippen LogP contribution in [0.2, 0.25) is 10.0 Å². The van der Waals surface area contributed by atoms with Gasteiger partial charge in [0.15, 0.2) is 6.61 Å². The quantitative estimate of drug-likeness (QED) is 0.354. The fraction of sp³-hybridized carbons (Fsp3) is 0.360. The summed E-state index contributed by atoms with van der Waals surface area (Å²) in [6.07, 6.45) is 2.81. The number of halogens is 2. The van der Waals surface area contributed by atoms with E-state index < -0.39 is 30.4 Å². The minimum absolute atomic E-state index is 0.0399. The molecule has 0 aromatic heterocycles. The number of amides is 2. The first kappa shape index (κ1) is 26.5. The van der Waals surface area contributed by atoms with E-state index in [1.807, 2.05) is 0 Å². The molecule has 35 heavy (non-hydrogen) atoms. The summed E-state index contributed by atoms with van der Waals surface area (Å²) in [5.41, 5.74) is 1.25. The highest BCUT2D eigenvalue weighted by atomic mass is 35.5. The summed E-state index contributed by atoms with van der Waals surface area (Å²) >= 11 is 11.9. The third-order valence-corrected chi connectivity index (χ3v) is 6.24. The highest BCUT2D eigenvalue weighted by molar-refractivity contribution is 6.44. The summed E-state index contributed by atoms with van der Waals surface area (Å²) in [6.45, 7) is 2.02. The fourth-order valence-corrected chi connectivity index (χ4v) is 3.88. The van der Waals surface area contributed by atoms with Gasteiger partial charge in [0.25, 0.3) is 5.91 Å². The van der Waals surface area contributed by atoms with Crippen LogP contribution in [0.15, 0.2) is 42.5 Å². The van der Waals surface area contributed by atoms with Gasteiger partial charge < -0.3 is 19.7 Å². The molecule has 2 aromatic rings. The Morgan fingerprint density at radius 1 is 1.06 bits per heavy atom. The molecule has 1 saturated heterocycles. The van der Waals surface area contributed by atoms with E-state index in [2.05, 4.69) is 12.2 Å². The third kappa shape index (κ3) is 7.19. The van der Waals surface area contributed by atoms with Crippen LogP contribution in [0.3, 0.4) is 0 Å². The van der Waals surface area contributed by atoms with E-state index in [0.29, 0.717) is 23.5 Å². The maximum absolute atomic E-state index is 12.5. The molecule has 0 saturated carbocycles. The minimum Gasteiger partial charge on any atom is -0.462 e. The van der Waals surface area contributed by atoms with E-state index in [1.165, 1.54) is 4.90 Å². The zero-order valence-corrected chi connectivity index (χ0v) is 20.7. The minimum atomic E-state index is -0.715. The molecule has 10 heteroatoms. The summed E-state index contributed by atoms with van der Waals surface area (Å²) in [7, 11) is 0. The van der Waals surface area contributed by atoms with Gasteiger partial charge in [-0.05, 0) is 42.8 Å². The van der Waals surface area contributed by atoms with E-state index in [-0.39, 0.29) is 28.9 Å². The molecule has 2 aromatic carbocycles. The summed E-state index contributed by atoms with van der Waals surface area (Å²) in [4.78, 5) is 50.6. The van der Waals surface area contributed by atoms with Crippen molar-refractivity contribution in [2.24, 2.45) is 5.92 Å². The second kappa shape index (κ2) is 12.6. The van der Waals surface area contributed by atoms with Crippen molar-refractivity contribution in [3.8, 4) is 0 Å². The van der Waals surface area contributed by atoms with Crippen molar-refractivity contribution >= 4 is 58.3 Å². The predicted octanol–water partition coefficient (Wildman–Crippen LogP) is 4.88. The molecule has 1 aliphatic heterocycles. The van der Waals surface area contributed by atoms with Gasteiger partial charge in [-0.1, -0.05) is 49.0 Å². The van der Waals surface area contributed by atoms with E-state index in [4.69, 9.17) is 32.7 Å². The molecule has 0 aliphatic carbocycles. The van der Waals surface area contributed by atoms with Crippen molar-refractivity contribution in [1.29, 1.82) is 0 Å². The second-order valence-electron chi connectivity index (χ2n) is 8.05. The zero-order valence-electron chi connectivity index (χ0n) is 19.2. The molecule has 1 aliphatic rings. The van der Waals surface area contributed by atoms with Gasteiger partial charge >= 0.3 is 11.9 Å². The van der Waals surface area contributed by atoms with E-state index in [9.17, 15) is 19.2 Å². The summed E-state index contributed by atoms with van der Waals surface area (Å²) < 4.78 is 10.3. The molecule has 1 fully saturated rings. The molecular weight excluding hydrogens is 495 g/mol. The number of esters is 2. The summed E-state index contributed by atoms with van der Waals surface area (Å²) in [5.74, 6) is -2.62. The van der Waals surface area contributed by atoms with Gasteiger partial charge in [-0.2, -0.15) is 0 Å². The third-order valence-electron chi connectivity index (χ3n) is 5.43. The summed E-state index contributed by atoms with van der Waals surface area (Å²) in [6, 6.07) is 11.2. The molecule has 8 nitrogen and oxygen atoms in total. The van der Waals surface area contributed by atoms with Crippen molar-refractivity contribution in [2.75, 3.05) is 30.0 Å². The van der Waals surface area contributed by atoms with Crippen LogP contribution in [0.4, 0.5) is 11.4 Å². The number of benzene rings is 2. The Kier molecular flexibility index (Phi) is 9.51. The number of hydrogen-bond donors (Lipinski definition) is 1. The van der Waals surface area contributed by atoms with Crippen LogP contribution in [0, 0.1) is 5.92 Å². The Bertz CT molecular complexity index is 1090. The fourth-order valence-electron chi connectivity index (χ4n) is 3.53. The molecule has 2 amide bonds. The lowest BCUT2D eigenvalue weighted by Crippen LogP contribution is -2.28. The van der Waals surface area contributed by atoms with E-state index in [0.717, 1.165) is 19.3 Å². The number of nitrogens with one attached hydrogen (secondary N) is 1. The molecule has 186 valence electrons. The number of hydrogen-bond acceptors (Lipinski definition) is 6. The van der Waals surface area contributed by atoms with E-state index in [1.54, 1.807) is 42.5 Å². The molecule has 0 radical (unpaired) electrons. The SMILES string of the molecule is CCCCCOC(=O)c1ccc(N2C[C@@H](C(=O)OCC(=O)Nc3cccc(Cl)c3Cl)CC2=O)cc1. The van der Waals surface area contributed by atoms with Crippen molar-refractivity contribution in [1.82, 2.24) is 0 Å². The van der Waals surface area contributed by atoms with Gasteiger partial charge in [-0.15, -0.1) is 0 Å². The van der Waals surface area contributed by atoms with Crippen molar-refractivity contribution in [3.05, 3.63) is 58.1 Å². The Hall–Kier alpha value is -3.10. The van der Waals surface area contributed by atoms with Gasteiger partial charge in [0, 0.05) is 18.7 Å². The van der Waals surface area contributed by atoms with Crippen molar-refractivity contribution < 1.29 is 28.7 Å². The average molecular weight is 521 g/mol. The number of carbonyl (C=O) groups excluding carboxylic acids is 4. The maximum Gasteiger partial charge on any atom is 0.338 e. The highest BCUT2D eigenvalue weighted by Crippen LogP contribution is 2.30. The number of carbonyl (C=O) groups is 4. The lowest BCUT2D eigenvalue weighted by atomic mass is 10.1. The van der Waals surface area contributed by atoms with Crippen LogP contribution in [0.25, 0.3) is 0 Å². The summed E-state index contributed by atoms with van der Waals surface area (Å²) in [5, 5.41) is 2.99. The normalized spacial score (nSPS) is 15.1. The first-order valence-corrected chi connectivity index (χ1v) is 12.0. The van der Waals surface area contributed by atoms with Gasteiger partial charge in [-0.25, -0.2) is 4.79 Å². The average Bonchev–Trinajstić information content (AvgIpc) is 3.25. The van der Waals surface area contributed by atoms with Crippen LogP contribution in [-0.2, 0) is 23.9 Å². The number of anilines is 2. The van der Waals surface area contributed by atoms with Crippen LogP contribution < -0.4 is 10.2 Å². The molecular formula is C25H26Cl2N2O6. The monoisotopic (exact) mass is 520 g/mol. The number of rotatable bonds is 10. The first-order valence-electron chi connectivity index (χ1n) is 11.3. The first-order chi connectivity index (χ1) is 16.8. The number of unbranched alkanes of at least 4 members (excludes halogenated alkanes) is 2. The Morgan fingerprint density at radius 2 is 1.80 bits per heavy atom. The maximum atomic E-state index is 12.5. The number of ether oxygens (including phenoxy) is 2. The van der Waals surface area contributed by atoms with Crippen LogP contribution >= 0.6 is 23.2 Å². The van der Waals surface area contributed by atoms with Crippen LogP contribution in [0.1, 0.15) is 43.0 Å². The van der Waals surface area contributed by atoms with Gasteiger partial charge in [-0.3, -0.25) is 14.4 Å². The Balaban J connectivity index is 1.50. The molecule has 0 unspecified atom stereocenters. The largest absolute Gasteiger partial charge is 0.462 e. The van der Waals surface area contributed by atoms with Crippen LogP contribution in [0.5, 0.6) is 0 Å². The van der Waals surface area contributed by atoms with Crippen molar-refractivity contribution in [2.45, 2.75) is 32.6 Å². The molecule has 0 bridgehead atoms. The smallest absolute Gasteiger partial charge is 0.338 e. The lowest BCUT2D eigenvalue weighted by Gasteiger charge is -2.17. The molecule has 1 atom stereocenters. The van der Waals surface area contributed by atoms with Crippen molar-refractivity contribution in [3.63, 3.8) is 0 Å². The van der Waals surface area contributed by atoms with Gasteiger partial charge in [0.05, 0.1) is 33.8 Å². The van der Waals surface area contributed by atoms with E-state index >= 15 is 0 Å². The highest BCUT2D eigenvalue weighted by Gasteiger charge is 2.36. The Labute approximate surface area is 213 Å². The predicted molar refractivity (Wildman–Crippen MR) is 133 cm³/mol. The zero-order chi connectivity index (χ0) is 25.4. The molecule has 1 heterocycles. The second-order valence-corrected chi connectivity index (χ2v) is 8.84. The van der Waals surface area contributed by atoms with Gasteiger partial charge in [0.2, 0.25) is 5.91 Å².